The van der Waals surface area contributed by atoms with Crippen LogP contribution in [0.4, 0.5) is 5.13 Å². The summed E-state index contributed by atoms with van der Waals surface area (Å²) in [6.07, 6.45) is 2.57. The minimum atomic E-state index is -0.00811. The second-order valence-corrected chi connectivity index (χ2v) is 7.21. The molecule has 0 bridgehead atoms. The van der Waals surface area contributed by atoms with Crippen LogP contribution in [0.15, 0.2) is 0 Å². The monoisotopic (exact) mass is 295 g/mol. The number of likely N-dealkylation sites (tertiary alicyclic amines) is 1. The summed E-state index contributed by atoms with van der Waals surface area (Å²) in [6.45, 7) is 11.5. The smallest absolute Gasteiger partial charge is 0.228 e. The molecule has 0 unspecified atom stereocenters. The first kappa shape index (κ1) is 15.4. The molecule has 1 aromatic heterocycles. The van der Waals surface area contributed by atoms with Crippen LogP contribution in [0.5, 0.6) is 0 Å². The fourth-order valence-corrected chi connectivity index (χ4v) is 3.31. The van der Waals surface area contributed by atoms with Gasteiger partial charge in [0.25, 0.3) is 0 Å². The molecule has 2 heterocycles. The molecule has 112 valence electrons. The molecule has 1 N–H and O–H groups in total. The van der Waals surface area contributed by atoms with Crippen LogP contribution in [0.25, 0.3) is 0 Å². The van der Waals surface area contributed by atoms with Crippen molar-refractivity contribution in [2.75, 3.05) is 18.4 Å². The number of aryl methyl sites for hydroxylation is 1. The minimum Gasteiger partial charge on any atom is -0.302 e. The zero-order chi connectivity index (χ0) is 14.7. The Morgan fingerprint density at radius 3 is 2.70 bits per heavy atom. The van der Waals surface area contributed by atoms with Crippen LogP contribution in [0, 0.1) is 18.8 Å². The van der Waals surface area contributed by atoms with E-state index in [-0.39, 0.29) is 11.8 Å². The number of anilines is 1. The third-order valence-corrected chi connectivity index (χ3v) is 4.95. The fourth-order valence-electron chi connectivity index (χ4n) is 2.30. The number of nitrogens with zero attached hydrogens (tertiary/aromatic N) is 2. The van der Waals surface area contributed by atoms with Crippen molar-refractivity contribution in [2.45, 2.75) is 47.1 Å². The topological polar surface area (TPSA) is 45.2 Å². The van der Waals surface area contributed by atoms with Crippen LogP contribution in [0.1, 0.15) is 44.2 Å². The number of carbonyl (C=O) groups is 1. The predicted molar refractivity (Wildman–Crippen MR) is 84.0 cm³/mol. The van der Waals surface area contributed by atoms with Gasteiger partial charge >= 0.3 is 0 Å². The van der Waals surface area contributed by atoms with Crippen molar-refractivity contribution in [1.82, 2.24) is 9.88 Å². The Hall–Kier alpha value is -0.940. The maximum Gasteiger partial charge on any atom is 0.228 e. The number of carbonyl (C=O) groups excluding carboxylic acids is 1. The van der Waals surface area contributed by atoms with E-state index in [1.165, 1.54) is 30.8 Å². The SMILES string of the molecule is Cc1nc(NC(=O)C(C)C)sc1CN1CCC(C)CC1. The first-order chi connectivity index (χ1) is 9.45. The van der Waals surface area contributed by atoms with Crippen LogP contribution in [0.2, 0.25) is 0 Å². The summed E-state index contributed by atoms with van der Waals surface area (Å²) >= 11 is 1.61. The van der Waals surface area contributed by atoms with Crippen molar-refractivity contribution in [3.8, 4) is 0 Å². The number of hydrogen-bond acceptors (Lipinski definition) is 4. The van der Waals surface area contributed by atoms with Gasteiger partial charge < -0.3 is 5.32 Å². The zero-order valence-electron chi connectivity index (χ0n) is 12.9. The molecule has 0 aliphatic carbocycles. The highest BCUT2D eigenvalue weighted by atomic mass is 32.1. The third kappa shape index (κ3) is 4.03. The van der Waals surface area contributed by atoms with Gasteiger partial charge in [-0.15, -0.1) is 11.3 Å². The minimum absolute atomic E-state index is 0.00811. The number of amides is 1. The Bertz CT molecular complexity index is 462. The van der Waals surface area contributed by atoms with Crippen LogP contribution in [-0.2, 0) is 11.3 Å². The van der Waals surface area contributed by atoms with E-state index in [4.69, 9.17) is 0 Å². The molecule has 1 amide bonds. The lowest BCUT2D eigenvalue weighted by atomic mass is 9.99. The molecule has 1 aliphatic rings. The predicted octanol–water partition coefficient (Wildman–Crippen LogP) is 3.28. The van der Waals surface area contributed by atoms with Crippen LogP contribution >= 0.6 is 11.3 Å². The summed E-state index contributed by atoms with van der Waals surface area (Å²) in [5, 5.41) is 3.63. The molecule has 0 atom stereocenters. The van der Waals surface area contributed by atoms with Crippen molar-refractivity contribution >= 4 is 22.4 Å². The molecule has 0 aromatic carbocycles. The molecule has 20 heavy (non-hydrogen) atoms. The number of piperidine rings is 1. The highest BCUT2D eigenvalue weighted by molar-refractivity contribution is 7.15. The van der Waals surface area contributed by atoms with E-state index >= 15 is 0 Å². The van der Waals surface area contributed by atoms with Crippen LogP contribution in [0.3, 0.4) is 0 Å². The molecule has 0 spiro atoms. The summed E-state index contributed by atoms with van der Waals surface area (Å²) in [5.41, 5.74) is 1.05. The molecule has 1 aromatic rings. The van der Waals surface area contributed by atoms with Gasteiger partial charge in [0, 0.05) is 17.3 Å². The van der Waals surface area contributed by atoms with E-state index in [2.05, 4.69) is 22.1 Å². The Balaban J connectivity index is 1.95. The molecule has 0 saturated carbocycles. The zero-order valence-corrected chi connectivity index (χ0v) is 13.7. The summed E-state index contributed by atoms with van der Waals surface area (Å²) in [4.78, 5) is 19.9. The van der Waals surface area contributed by atoms with Gasteiger partial charge in [0.2, 0.25) is 5.91 Å². The van der Waals surface area contributed by atoms with Crippen molar-refractivity contribution in [2.24, 2.45) is 11.8 Å². The average Bonchev–Trinajstić information content (AvgIpc) is 2.72. The van der Waals surface area contributed by atoms with E-state index in [9.17, 15) is 4.79 Å². The number of nitrogens with one attached hydrogen (secondary N) is 1. The van der Waals surface area contributed by atoms with Crippen molar-refractivity contribution in [3.05, 3.63) is 10.6 Å². The second-order valence-electron chi connectivity index (χ2n) is 6.13. The molecule has 1 aliphatic heterocycles. The first-order valence-electron chi connectivity index (χ1n) is 7.45. The van der Waals surface area contributed by atoms with Gasteiger partial charge in [-0.05, 0) is 38.8 Å². The van der Waals surface area contributed by atoms with Gasteiger partial charge in [0.15, 0.2) is 5.13 Å². The Kier molecular flexibility index (Phi) is 5.16. The van der Waals surface area contributed by atoms with Crippen molar-refractivity contribution in [3.63, 3.8) is 0 Å². The molecule has 1 saturated heterocycles. The fraction of sp³-hybridized carbons (Fsp3) is 0.733. The molecule has 2 rings (SSSR count). The first-order valence-corrected chi connectivity index (χ1v) is 8.27. The Morgan fingerprint density at radius 1 is 1.45 bits per heavy atom. The van der Waals surface area contributed by atoms with Gasteiger partial charge in [-0.3, -0.25) is 9.69 Å². The van der Waals surface area contributed by atoms with Gasteiger partial charge in [0.1, 0.15) is 0 Å². The maximum absolute atomic E-state index is 11.7. The Labute approximate surface area is 125 Å². The standard InChI is InChI=1S/C15H25N3OS/c1-10(2)14(19)17-15-16-12(4)13(20-15)9-18-7-5-11(3)6-8-18/h10-11H,5-9H2,1-4H3,(H,16,17,19). The quantitative estimate of drug-likeness (QED) is 0.927. The normalized spacial score (nSPS) is 17.6. The van der Waals surface area contributed by atoms with Crippen LogP contribution < -0.4 is 5.32 Å². The van der Waals surface area contributed by atoms with Gasteiger partial charge in [0.05, 0.1) is 5.69 Å². The average molecular weight is 295 g/mol. The summed E-state index contributed by atoms with van der Waals surface area (Å²) in [7, 11) is 0. The molecule has 4 nitrogen and oxygen atoms in total. The van der Waals surface area contributed by atoms with Crippen LogP contribution in [-0.4, -0.2) is 28.9 Å². The highest BCUT2D eigenvalue weighted by Crippen LogP contribution is 2.26. The summed E-state index contributed by atoms with van der Waals surface area (Å²) < 4.78 is 0. The molecule has 5 heteroatoms. The largest absolute Gasteiger partial charge is 0.302 e. The molecule has 1 fully saturated rings. The highest BCUT2D eigenvalue weighted by Gasteiger charge is 2.18. The van der Waals surface area contributed by atoms with E-state index < -0.39 is 0 Å². The summed E-state index contributed by atoms with van der Waals surface area (Å²) in [5.74, 6) is 0.887. The third-order valence-electron chi connectivity index (χ3n) is 3.89. The molecular formula is C15H25N3OS. The maximum atomic E-state index is 11.7. The van der Waals surface area contributed by atoms with Gasteiger partial charge in [-0.1, -0.05) is 20.8 Å². The van der Waals surface area contributed by atoms with Gasteiger partial charge in [-0.2, -0.15) is 0 Å². The Morgan fingerprint density at radius 2 is 2.10 bits per heavy atom. The second kappa shape index (κ2) is 6.68. The lowest BCUT2D eigenvalue weighted by Gasteiger charge is -2.29. The molecule has 0 radical (unpaired) electrons. The van der Waals surface area contributed by atoms with Gasteiger partial charge in [-0.25, -0.2) is 4.98 Å². The number of hydrogen-bond donors (Lipinski definition) is 1. The number of thiazole rings is 1. The lowest BCUT2D eigenvalue weighted by molar-refractivity contribution is -0.118. The number of aromatic nitrogens is 1. The molecular weight excluding hydrogens is 270 g/mol. The van der Waals surface area contributed by atoms with E-state index in [0.29, 0.717) is 0 Å². The van der Waals surface area contributed by atoms with E-state index in [0.717, 1.165) is 23.3 Å². The summed E-state index contributed by atoms with van der Waals surface area (Å²) in [6, 6.07) is 0. The number of rotatable bonds is 4. The lowest BCUT2D eigenvalue weighted by Crippen LogP contribution is -2.32. The van der Waals surface area contributed by atoms with E-state index in [1.54, 1.807) is 11.3 Å². The van der Waals surface area contributed by atoms with E-state index in [1.807, 2.05) is 20.8 Å². The van der Waals surface area contributed by atoms with Crippen molar-refractivity contribution < 1.29 is 4.79 Å². The van der Waals surface area contributed by atoms with Crippen molar-refractivity contribution in [1.29, 1.82) is 0 Å².